The number of halogens is 3. The molecule has 0 heterocycles. The third-order valence-corrected chi connectivity index (χ3v) is 2.93. The Kier molecular flexibility index (Phi) is 5.78. The summed E-state index contributed by atoms with van der Waals surface area (Å²) in [5.74, 6) is -0.0270. The highest BCUT2D eigenvalue weighted by molar-refractivity contribution is 7.89. The lowest BCUT2D eigenvalue weighted by molar-refractivity contribution is -0.137. The van der Waals surface area contributed by atoms with Crippen LogP contribution in [0.25, 0.3) is 0 Å². The summed E-state index contributed by atoms with van der Waals surface area (Å²) in [7, 11) is -3.55. The van der Waals surface area contributed by atoms with Gasteiger partial charge in [-0.25, -0.2) is 13.6 Å². The average Bonchev–Trinajstić information content (AvgIpc) is 2.32. The minimum absolute atomic E-state index is 0.0603. The van der Waals surface area contributed by atoms with Crippen molar-refractivity contribution in [3.8, 4) is 5.75 Å². The maximum absolute atomic E-state index is 12.3. The van der Waals surface area contributed by atoms with Crippen LogP contribution in [0.4, 0.5) is 13.2 Å². The molecule has 0 bridgehead atoms. The van der Waals surface area contributed by atoms with Gasteiger partial charge in [0.1, 0.15) is 12.4 Å². The van der Waals surface area contributed by atoms with Crippen LogP contribution in [0.5, 0.6) is 5.75 Å². The molecule has 20 heavy (non-hydrogen) atoms. The molecule has 0 aromatic heterocycles. The zero-order valence-corrected chi connectivity index (χ0v) is 11.2. The van der Waals surface area contributed by atoms with Gasteiger partial charge in [-0.3, -0.25) is 0 Å². The van der Waals surface area contributed by atoms with E-state index in [1.807, 2.05) is 0 Å². The van der Waals surface area contributed by atoms with Crippen LogP contribution in [0.1, 0.15) is 5.56 Å². The Morgan fingerprint density at radius 1 is 1.05 bits per heavy atom. The van der Waals surface area contributed by atoms with Gasteiger partial charge in [0.2, 0.25) is 10.0 Å². The van der Waals surface area contributed by atoms with Crippen LogP contribution in [0, 0.1) is 0 Å². The summed E-state index contributed by atoms with van der Waals surface area (Å²) in [6.45, 7) is 0.141. The fourth-order valence-corrected chi connectivity index (χ4v) is 1.59. The first kappa shape index (κ1) is 16.7. The summed E-state index contributed by atoms with van der Waals surface area (Å²) in [6, 6.07) is 4.23. The number of hydrogen-bond acceptors (Lipinski definition) is 4. The number of rotatable bonds is 7. The topological polar surface area (TPSA) is 78.6 Å². The molecule has 1 aromatic carbocycles. The summed E-state index contributed by atoms with van der Waals surface area (Å²) in [5.41, 5.74) is -0.755. The van der Waals surface area contributed by atoms with E-state index < -0.39 is 21.8 Å². The van der Waals surface area contributed by atoms with Crippen LogP contribution < -0.4 is 9.88 Å². The van der Waals surface area contributed by atoms with Crippen molar-refractivity contribution in [1.29, 1.82) is 0 Å². The zero-order chi connectivity index (χ0) is 15.2. The highest BCUT2D eigenvalue weighted by atomic mass is 32.2. The van der Waals surface area contributed by atoms with E-state index in [1.54, 1.807) is 0 Å². The molecule has 0 amide bonds. The van der Waals surface area contributed by atoms with Crippen molar-refractivity contribution in [3.63, 3.8) is 0 Å². The molecule has 0 atom stereocenters. The molecular weight excluding hydrogens is 299 g/mol. The van der Waals surface area contributed by atoms with Crippen LogP contribution in [0.3, 0.4) is 0 Å². The summed E-state index contributed by atoms with van der Waals surface area (Å²) < 4.78 is 68.1. The molecule has 0 aliphatic rings. The minimum atomic E-state index is -4.38. The van der Waals surface area contributed by atoms with E-state index in [1.165, 1.54) is 12.1 Å². The van der Waals surface area contributed by atoms with Gasteiger partial charge in [-0.05, 0) is 24.3 Å². The standard InChI is InChI=1S/C11H14F3NO4S/c12-11(13,14)9-1-3-10(4-2-9)19-6-5-18-7-8-20(15,16)17/h1-4H,5-8H2,(H2,15,16,17). The summed E-state index contributed by atoms with van der Waals surface area (Å²) >= 11 is 0. The summed E-state index contributed by atoms with van der Waals surface area (Å²) in [5, 5.41) is 4.76. The number of sulfonamides is 1. The van der Waals surface area contributed by atoms with Crippen LogP contribution in [0.2, 0.25) is 0 Å². The van der Waals surface area contributed by atoms with Crippen LogP contribution in [-0.2, 0) is 20.9 Å². The fourth-order valence-electron chi connectivity index (χ4n) is 1.24. The SMILES string of the molecule is NS(=O)(=O)CCOCCOc1ccc(C(F)(F)F)cc1. The molecule has 5 nitrogen and oxygen atoms in total. The second-order valence-corrected chi connectivity index (χ2v) is 5.58. The monoisotopic (exact) mass is 313 g/mol. The summed E-state index contributed by atoms with van der Waals surface area (Å²) in [4.78, 5) is 0. The lowest BCUT2D eigenvalue weighted by atomic mass is 10.2. The molecule has 0 aliphatic heterocycles. The lowest BCUT2D eigenvalue weighted by Crippen LogP contribution is -2.21. The number of alkyl halides is 3. The second kappa shape index (κ2) is 6.91. The molecule has 1 aromatic rings. The Hall–Kier alpha value is -1.32. The van der Waals surface area contributed by atoms with Gasteiger partial charge in [-0.15, -0.1) is 0 Å². The third-order valence-electron chi connectivity index (χ3n) is 2.19. The molecule has 0 fully saturated rings. The van der Waals surface area contributed by atoms with Crippen LogP contribution in [-0.4, -0.2) is 34.0 Å². The van der Waals surface area contributed by atoms with Gasteiger partial charge in [-0.1, -0.05) is 0 Å². The number of hydrogen-bond donors (Lipinski definition) is 1. The van der Waals surface area contributed by atoms with Crippen LogP contribution in [0.15, 0.2) is 24.3 Å². The predicted octanol–water partition coefficient (Wildman–Crippen LogP) is 1.39. The number of ether oxygens (including phenoxy) is 2. The average molecular weight is 313 g/mol. The van der Waals surface area contributed by atoms with Crippen molar-refractivity contribution in [1.82, 2.24) is 0 Å². The fraction of sp³-hybridized carbons (Fsp3) is 0.455. The zero-order valence-electron chi connectivity index (χ0n) is 10.4. The second-order valence-electron chi connectivity index (χ2n) is 3.85. The van der Waals surface area contributed by atoms with Gasteiger partial charge >= 0.3 is 6.18 Å². The van der Waals surface area contributed by atoms with Gasteiger partial charge in [-0.2, -0.15) is 13.2 Å². The number of benzene rings is 1. The molecule has 9 heteroatoms. The molecule has 0 unspecified atom stereocenters. The molecule has 1 rings (SSSR count). The first-order valence-electron chi connectivity index (χ1n) is 5.57. The Bertz CT molecular complexity index is 513. The maximum atomic E-state index is 12.3. The summed E-state index contributed by atoms with van der Waals surface area (Å²) in [6.07, 6.45) is -4.38. The van der Waals surface area contributed by atoms with Gasteiger partial charge in [0.25, 0.3) is 0 Å². The van der Waals surface area contributed by atoms with E-state index in [2.05, 4.69) is 0 Å². The quantitative estimate of drug-likeness (QED) is 0.772. The van der Waals surface area contributed by atoms with E-state index in [-0.39, 0.29) is 31.3 Å². The van der Waals surface area contributed by atoms with Crippen LogP contribution >= 0.6 is 0 Å². The maximum Gasteiger partial charge on any atom is 0.416 e. The Morgan fingerprint density at radius 2 is 1.65 bits per heavy atom. The smallest absolute Gasteiger partial charge is 0.416 e. The Labute approximate surface area is 114 Å². The van der Waals surface area contributed by atoms with Gasteiger partial charge in [0.05, 0.1) is 24.5 Å². The van der Waals surface area contributed by atoms with Crippen molar-refractivity contribution < 1.29 is 31.1 Å². The molecule has 0 radical (unpaired) electrons. The van der Waals surface area contributed by atoms with Crippen molar-refractivity contribution in [2.75, 3.05) is 25.6 Å². The van der Waals surface area contributed by atoms with Crippen molar-refractivity contribution in [2.24, 2.45) is 5.14 Å². The van der Waals surface area contributed by atoms with E-state index in [0.717, 1.165) is 12.1 Å². The molecule has 0 spiro atoms. The molecule has 0 saturated heterocycles. The normalized spacial score (nSPS) is 12.4. The van der Waals surface area contributed by atoms with Crippen molar-refractivity contribution in [3.05, 3.63) is 29.8 Å². The first-order valence-corrected chi connectivity index (χ1v) is 7.28. The molecule has 0 saturated carbocycles. The first-order chi connectivity index (χ1) is 9.18. The van der Waals surface area contributed by atoms with Crippen molar-refractivity contribution >= 4 is 10.0 Å². The Balaban J connectivity index is 2.26. The lowest BCUT2D eigenvalue weighted by Gasteiger charge is -2.09. The number of primary sulfonamides is 1. The largest absolute Gasteiger partial charge is 0.491 e. The van der Waals surface area contributed by atoms with E-state index in [4.69, 9.17) is 14.6 Å². The third kappa shape index (κ3) is 6.73. The molecule has 114 valence electrons. The van der Waals surface area contributed by atoms with Gasteiger partial charge in [0, 0.05) is 0 Å². The van der Waals surface area contributed by atoms with E-state index in [0.29, 0.717) is 0 Å². The minimum Gasteiger partial charge on any atom is -0.491 e. The number of nitrogens with two attached hydrogens (primary N) is 1. The highest BCUT2D eigenvalue weighted by Gasteiger charge is 2.29. The van der Waals surface area contributed by atoms with Gasteiger partial charge < -0.3 is 9.47 Å². The predicted molar refractivity (Wildman–Crippen MR) is 65.7 cm³/mol. The molecule has 0 aliphatic carbocycles. The molecular formula is C11H14F3NO4S. The highest BCUT2D eigenvalue weighted by Crippen LogP contribution is 2.30. The Morgan fingerprint density at radius 3 is 2.15 bits per heavy atom. The van der Waals surface area contributed by atoms with Crippen molar-refractivity contribution in [2.45, 2.75) is 6.18 Å². The van der Waals surface area contributed by atoms with E-state index in [9.17, 15) is 21.6 Å². The van der Waals surface area contributed by atoms with E-state index >= 15 is 0 Å². The molecule has 2 N–H and O–H groups in total. The van der Waals surface area contributed by atoms with Gasteiger partial charge in [0.15, 0.2) is 0 Å².